The van der Waals surface area contributed by atoms with Crippen LogP contribution in [0, 0.1) is 0 Å². The third-order valence-corrected chi connectivity index (χ3v) is 1.22. The van der Waals surface area contributed by atoms with Crippen molar-refractivity contribution in [2.75, 3.05) is 7.11 Å². The first-order valence-electron chi connectivity index (χ1n) is 2.99. The molecule has 0 spiro atoms. The van der Waals surface area contributed by atoms with Gasteiger partial charge in [-0.3, -0.25) is 4.79 Å². The lowest BCUT2D eigenvalue weighted by Crippen LogP contribution is -2.11. The molecule has 0 fully saturated rings. The minimum absolute atomic E-state index is 0.130. The van der Waals surface area contributed by atoms with Crippen molar-refractivity contribution >= 4 is 11.8 Å². The van der Waals surface area contributed by atoms with E-state index in [2.05, 4.69) is 4.74 Å². The largest absolute Gasteiger partial charge is 0.500 e. The number of ketones is 1. The van der Waals surface area contributed by atoms with E-state index in [1.807, 2.05) is 0 Å². The Morgan fingerprint density at radius 3 is 1.82 bits per heavy atom. The third-order valence-electron chi connectivity index (χ3n) is 1.22. The van der Waals surface area contributed by atoms with Crippen molar-refractivity contribution in [3.05, 3.63) is 11.3 Å². The van der Waals surface area contributed by atoms with Crippen LogP contribution < -0.4 is 0 Å². The standard InChI is InChI=1S/C7H10O4/c1-4(8)6(7(9)10)5(2)11-3/h1-3H3,(H,9,10)/b6-5+. The minimum Gasteiger partial charge on any atom is -0.500 e. The molecule has 0 aliphatic rings. The maximum Gasteiger partial charge on any atom is 0.342 e. The summed E-state index contributed by atoms with van der Waals surface area (Å²) in [5, 5.41) is 8.49. The molecule has 0 aliphatic carbocycles. The maximum atomic E-state index is 10.7. The molecule has 4 nitrogen and oxygen atoms in total. The third kappa shape index (κ3) is 2.41. The lowest BCUT2D eigenvalue weighted by atomic mass is 10.1. The zero-order chi connectivity index (χ0) is 9.02. The van der Waals surface area contributed by atoms with Gasteiger partial charge in [-0.25, -0.2) is 4.79 Å². The van der Waals surface area contributed by atoms with Gasteiger partial charge in [0.1, 0.15) is 11.3 Å². The fourth-order valence-electron chi connectivity index (χ4n) is 0.651. The van der Waals surface area contributed by atoms with Gasteiger partial charge in [0.25, 0.3) is 0 Å². The van der Waals surface area contributed by atoms with Crippen LogP contribution in [0.3, 0.4) is 0 Å². The van der Waals surface area contributed by atoms with Gasteiger partial charge in [-0.05, 0) is 13.8 Å². The zero-order valence-electron chi connectivity index (χ0n) is 6.67. The van der Waals surface area contributed by atoms with Gasteiger partial charge in [0.05, 0.1) is 7.11 Å². The van der Waals surface area contributed by atoms with Gasteiger partial charge in [0.2, 0.25) is 0 Å². The number of ether oxygens (including phenoxy) is 1. The van der Waals surface area contributed by atoms with E-state index in [-0.39, 0.29) is 11.3 Å². The van der Waals surface area contributed by atoms with Gasteiger partial charge in [0, 0.05) is 0 Å². The number of carboxylic acids is 1. The van der Waals surface area contributed by atoms with E-state index in [4.69, 9.17) is 5.11 Å². The smallest absolute Gasteiger partial charge is 0.342 e. The van der Waals surface area contributed by atoms with E-state index >= 15 is 0 Å². The first-order chi connectivity index (χ1) is 5.00. The molecule has 0 aromatic heterocycles. The Kier molecular flexibility index (Phi) is 3.30. The molecule has 0 heterocycles. The Bertz CT molecular complexity index is 198. The zero-order valence-corrected chi connectivity index (χ0v) is 6.67. The number of carboxylic acid groups (broad SMARTS) is 1. The summed E-state index contributed by atoms with van der Waals surface area (Å²) in [6.45, 7) is 2.62. The summed E-state index contributed by atoms with van der Waals surface area (Å²) in [6.07, 6.45) is 0. The molecule has 1 N–H and O–H groups in total. The number of carbonyl (C=O) groups is 2. The molecule has 11 heavy (non-hydrogen) atoms. The quantitative estimate of drug-likeness (QED) is 0.282. The van der Waals surface area contributed by atoms with Gasteiger partial charge >= 0.3 is 5.97 Å². The summed E-state index contributed by atoms with van der Waals surface area (Å²) < 4.78 is 4.61. The molecule has 62 valence electrons. The second-order valence-corrected chi connectivity index (χ2v) is 2.00. The number of aliphatic carboxylic acids is 1. The molecular formula is C7H10O4. The second kappa shape index (κ2) is 3.75. The molecule has 4 heteroatoms. The molecular weight excluding hydrogens is 148 g/mol. The summed E-state index contributed by atoms with van der Waals surface area (Å²) in [5.41, 5.74) is -0.299. The average molecular weight is 158 g/mol. The molecule has 0 rings (SSSR count). The van der Waals surface area contributed by atoms with Crippen LogP contribution in [-0.4, -0.2) is 24.0 Å². The predicted octanol–water partition coefficient (Wildman–Crippen LogP) is 0.580. The SMILES string of the molecule is CO/C(C)=C(\C(C)=O)C(=O)O. The average Bonchev–Trinajstić information content (AvgIpc) is 1.85. The molecule has 0 aromatic carbocycles. The van der Waals surface area contributed by atoms with Crippen LogP contribution in [0.5, 0.6) is 0 Å². The lowest BCUT2D eigenvalue weighted by molar-refractivity contribution is -0.134. The highest BCUT2D eigenvalue weighted by Gasteiger charge is 2.16. The van der Waals surface area contributed by atoms with Crippen LogP contribution in [0.25, 0.3) is 0 Å². The second-order valence-electron chi connectivity index (χ2n) is 2.00. The van der Waals surface area contributed by atoms with Crippen LogP contribution in [0.2, 0.25) is 0 Å². The van der Waals surface area contributed by atoms with Gasteiger partial charge in [-0.1, -0.05) is 0 Å². The lowest BCUT2D eigenvalue weighted by Gasteiger charge is -2.02. The number of methoxy groups -OCH3 is 1. The summed E-state index contributed by atoms with van der Waals surface area (Å²) in [6, 6.07) is 0. The highest BCUT2D eigenvalue weighted by molar-refractivity contribution is 6.15. The van der Waals surface area contributed by atoms with Crippen molar-refractivity contribution < 1.29 is 19.4 Å². The number of hydrogen-bond donors (Lipinski definition) is 1. The Labute approximate surface area is 64.5 Å². The van der Waals surface area contributed by atoms with E-state index in [9.17, 15) is 9.59 Å². The number of Topliss-reactive ketones (excluding diaryl/α,β-unsaturated/α-hetero) is 1. The highest BCUT2D eigenvalue weighted by Crippen LogP contribution is 2.05. The molecule has 0 saturated carbocycles. The highest BCUT2D eigenvalue weighted by atomic mass is 16.5. The molecule has 0 atom stereocenters. The molecule has 0 radical (unpaired) electrons. The van der Waals surface area contributed by atoms with Gasteiger partial charge in [0.15, 0.2) is 5.78 Å². The number of carbonyl (C=O) groups excluding carboxylic acids is 1. The normalized spacial score (nSPS) is 11.9. The summed E-state index contributed by atoms with van der Waals surface area (Å²) in [7, 11) is 1.32. The van der Waals surface area contributed by atoms with E-state index in [1.165, 1.54) is 21.0 Å². The van der Waals surface area contributed by atoms with Gasteiger partial charge < -0.3 is 9.84 Å². The monoisotopic (exact) mass is 158 g/mol. The Morgan fingerprint density at radius 1 is 1.27 bits per heavy atom. The number of allylic oxidation sites excluding steroid dienone is 1. The minimum atomic E-state index is -1.25. The maximum absolute atomic E-state index is 10.7. The summed E-state index contributed by atoms with van der Waals surface area (Å²) in [4.78, 5) is 21.0. The van der Waals surface area contributed by atoms with Crippen molar-refractivity contribution in [3.63, 3.8) is 0 Å². The molecule has 0 unspecified atom stereocenters. The number of rotatable bonds is 3. The van der Waals surface area contributed by atoms with E-state index in [0.717, 1.165) is 0 Å². The van der Waals surface area contributed by atoms with Crippen LogP contribution >= 0.6 is 0 Å². The summed E-state index contributed by atoms with van der Waals surface area (Å²) in [5.74, 6) is -1.63. The molecule has 0 amide bonds. The van der Waals surface area contributed by atoms with Crippen LogP contribution in [0.15, 0.2) is 11.3 Å². The van der Waals surface area contributed by atoms with Crippen molar-refractivity contribution in [2.45, 2.75) is 13.8 Å². The Hall–Kier alpha value is -1.32. The van der Waals surface area contributed by atoms with Crippen LogP contribution in [0.4, 0.5) is 0 Å². The van der Waals surface area contributed by atoms with E-state index in [1.54, 1.807) is 0 Å². The van der Waals surface area contributed by atoms with E-state index < -0.39 is 11.8 Å². The van der Waals surface area contributed by atoms with Crippen molar-refractivity contribution in [1.82, 2.24) is 0 Å². The first-order valence-corrected chi connectivity index (χ1v) is 2.99. The molecule has 0 aromatic rings. The molecule has 0 saturated heterocycles. The topological polar surface area (TPSA) is 63.6 Å². The fourth-order valence-corrected chi connectivity index (χ4v) is 0.651. The van der Waals surface area contributed by atoms with Crippen LogP contribution in [-0.2, 0) is 14.3 Å². The predicted molar refractivity (Wildman–Crippen MR) is 38.0 cm³/mol. The van der Waals surface area contributed by atoms with Crippen LogP contribution in [0.1, 0.15) is 13.8 Å². The number of hydrogen-bond acceptors (Lipinski definition) is 3. The van der Waals surface area contributed by atoms with E-state index in [0.29, 0.717) is 0 Å². The van der Waals surface area contributed by atoms with Gasteiger partial charge in [-0.15, -0.1) is 0 Å². The summed E-state index contributed by atoms with van der Waals surface area (Å²) >= 11 is 0. The Balaban J connectivity index is 4.88. The van der Waals surface area contributed by atoms with Gasteiger partial charge in [-0.2, -0.15) is 0 Å². The fraction of sp³-hybridized carbons (Fsp3) is 0.429. The molecule has 0 aliphatic heterocycles. The molecule has 0 bridgehead atoms. The first kappa shape index (κ1) is 9.68. The Morgan fingerprint density at radius 2 is 1.73 bits per heavy atom. The van der Waals surface area contributed by atoms with Crippen molar-refractivity contribution in [3.8, 4) is 0 Å². The van der Waals surface area contributed by atoms with Crippen molar-refractivity contribution in [2.24, 2.45) is 0 Å². The van der Waals surface area contributed by atoms with Crippen molar-refractivity contribution in [1.29, 1.82) is 0 Å².